The minimum Gasteiger partial charge on any atom is -0.462 e. The number of pyridine rings is 1. The van der Waals surface area contributed by atoms with Gasteiger partial charge in [-0.2, -0.15) is 5.26 Å². The highest BCUT2D eigenvalue weighted by molar-refractivity contribution is 6.31. The van der Waals surface area contributed by atoms with Crippen LogP contribution in [0.4, 0.5) is 0 Å². The summed E-state index contributed by atoms with van der Waals surface area (Å²) in [6.07, 6.45) is 3.24. The Morgan fingerprint density at radius 2 is 2.13 bits per heavy atom. The van der Waals surface area contributed by atoms with Gasteiger partial charge in [-0.1, -0.05) is 11.6 Å². The molecule has 3 aromatic rings. The van der Waals surface area contributed by atoms with Crippen LogP contribution in [0, 0.1) is 11.3 Å². The van der Waals surface area contributed by atoms with Gasteiger partial charge in [-0.15, -0.1) is 0 Å². The van der Waals surface area contributed by atoms with Crippen LogP contribution in [0.25, 0.3) is 16.7 Å². The van der Waals surface area contributed by atoms with Crippen LogP contribution in [0.2, 0.25) is 5.02 Å². The van der Waals surface area contributed by atoms with E-state index in [0.29, 0.717) is 33.8 Å². The maximum absolute atomic E-state index is 11.7. The van der Waals surface area contributed by atoms with E-state index in [0.717, 1.165) is 5.69 Å². The van der Waals surface area contributed by atoms with Crippen LogP contribution in [0.1, 0.15) is 22.8 Å². The molecule has 6 heteroatoms. The van der Waals surface area contributed by atoms with Crippen LogP contribution in [-0.4, -0.2) is 22.1 Å². The zero-order chi connectivity index (χ0) is 16.4. The number of hydrogen-bond acceptors (Lipinski definition) is 4. The molecule has 0 amide bonds. The molecule has 0 aliphatic carbocycles. The fourth-order valence-electron chi connectivity index (χ4n) is 2.34. The highest BCUT2D eigenvalue weighted by atomic mass is 35.5. The Morgan fingerprint density at radius 1 is 1.39 bits per heavy atom. The fraction of sp³-hybridized carbons (Fsp3) is 0.118. The molecule has 3 rings (SSSR count). The lowest BCUT2D eigenvalue weighted by molar-refractivity contribution is 0.0526. The lowest BCUT2D eigenvalue weighted by Gasteiger charge is -2.06. The molecular weight excluding hydrogens is 314 g/mol. The van der Waals surface area contributed by atoms with E-state index in [-0.39, 0.29) is 5.97 Å². The summed E-state index contributed by atoms with van der Waals surface area (Å²) in [5, 5.41) is 10.4. The van der Waals surface area contributed by atoms with E-state index in [1.807, 2.05) is 0 Å². The molecule has 0 aliphatic heterocycles. The predicted octanol–water partition coefficient (Wildman–Crippen LogP) is 3.73. The molecule has 23 heavy (non-hydrogen) atoms. The minimum absolute atomic E-state index is 0.332. The normalized spacial score (nSPS) is 10.5. The van der Waals surface area contributed by atoms with Crippen LogP contribution in [0.5, 0.6) is 0 Å². The predicted molar refractivity (Wildman–Crippen MR) is 86.8 cm³/mol. The molecule has 114 valence electrons. The second-order valence-corrected chi connectivity index (χ2v) is 5.25. The number of rotatable bonds is 3. The van der Waals surface area contributed by atoms with Gasteiger partial charge in [0.15, 0.2) is 0 Å². The van der Waals surface area contributed by atoms with Crippen molar-refractivity contribution in [2.45, 2.75) is 6.92 Å². The molecule has 0 aliphatic rings. The van der Waals surface area contributed by atoms with E-state index >= 15 is 0 Å². The highest BCUT2D eigenvalue weighted by Crippen LogP contribution is 2.25. The van der Waals surface area contributed by atoms with E-state index in [2.05, 4.69) is 11.1 Å². The summed E-state index contributed by atoms with van der Waals surface area (Å²) in [7, 11) is 0. The summed E-state index contributed by atoms with van der Waals surface area (Å²) in [5.41, 5.74) is 2.39. The first-order valence-corrected chi connectivity index (χ1v) is 7.36. The van der Waals surface area contributed by atoms with Crippen LogP contribution < -0.4 is 0 Å². The number of halogens is 1. The quantitative estimate of drug-likeness (QED) is 0.688. The number of esters is 1. The van der Waals surface area contributed by atoms with Crippen molar-refractivity contribution in [3.63, 3.8) is 0 Å². The average Bonchev–Trinajstić information content (AvgIpc) is 2.93. The Hall–Kier alpha value is -2.84. The van der Waals surface area contributed by atoms with Crippen molar-refractivity contribution in [3.05, 3.63) is 58.9 Å². The molecule has 0 atom stereocenters. The lowest BCUT2D eigenvalue weighted by atomic mass is 10.2. The monoisotopic (exact) mass is 325 g/mol. The number of nitriles is 1. The highest BCUT2D eigenvalue weighted by Gasteiger charge is 2.12. The first-order chi connectivity index (χ1) is 11.1. The van der Waals surface area contributed by atoms with E-state index in [9.17, 15) is 10.1 Å². The number of aromatic nitrogens is 2. The number of nitrogens with zero attached hydrogens (tertiary/aromatic N) is 3. The Morgan fingerprint density at radius 3 is 2.78 bits per heavy atom. The Labute approximate surface area is 137 Å². The van der Waals surface area contributed by atoms with Gasteiger partial charge in [-0.3, -0.25) is 4.57 Å². The first-order valence-electron chi connectivity index (χ1n) is 6.98. The Kier molecular flexibility index (Phi) is 4.00. The third kappa shape index (κ3) is 2.77. The molecule has 0 saturated carbocycles. The van der Waals surface area contributed by atoms with Crippen LogP contribution in [0.3, 0.4) is 0 Å². The van der Waals surface area contributed by atoms with Crippen molar-refractivity contribution in [3.8, 4) is 11.8 Å². The summed E-state index contributed by atoms with van der Waals surface area (Å²) in [4.78, 5) is 16.0. The molecule has 0 unspecified atom stereocenters. The summed E-state index contributed by atoms with van der Waals surface area (Å²) >= 11 is 5.96. The third-order valence-corrected chi connectivity index (χ3v) is 3.59. The maximum atomic E-state index is 11.7. The molecule has 0 N–H and O–H groups in total. The van der Waals surface area contributed by atoms with Gasteiger partial charge in [0.25, 0.3) is 0 Å². The Balaban J connectivity index is 2.07. The number of fused-ring (bicyclic) bond motifs is 1. The number of carbonyl (C=O) groups is 1. The minimum atomic E-state index is -0.362. The van der Waals surface area contributed by atoms with Gasteiger partial charge in [0, 0.05) is 23.5 Å². The van der Waals surface area contributed by atoms with Gasteiger partial charge >= 0.3 is 5.97 Å². The van der Waals surface area contributed by atoms with Gasteiger partial charge in [0.1, 0.15) is 11.7 Å². The van der Waals surface area contributed by atoms with Gasteiger partial charge in [0.05, 0.1) is 22.8 Å². The molecule has 0 radical (unpaired) electrons. The fourth-order valence-corrected chi connectivity index (χ4v) is 2.50. The molecule has 0 spiro atoms. The number of hydrogen-bond donors (Lipinski definition) is 0. The zero-order valence-corrected chi connectivity index (χ0v) is 13.0. The summed E-state index contributed by atoms with van der Waals surface area (Å²) in [6, 6.07) is 10.8. The largest absolute Gasteiger partial charge is 0.462 e. The third-order valence-electron chi connectivity index (χ3n) is 3.39. The van der Waals surface area contributed by atoms with Gasteiger partial charge < -0.3 is 4.74 Å². The van der Waals surface area contributed by atoms with E-state index < -0.39 is 0 Å². The molecule has 5 nitrogen and oxygen atoms in total. The molecule has 0 bridgehead atoms. The van der Waals surface area contributed by atoms with Crippen molar-refractivity contribution in [1.82, 2.24) is 9.55 Å². The van der Waals surface area contributed by atoms with Crippen LogP contribution in [0.15, 0.2) is 42.7 Å². The summed E-state index contributed by atoms with van der Waals surface area (Å²) < 4.78 is 6.75. The second-order valence-electron chi connectivity index (χ2n) is 4.82. The van der Waals surface area contributed by atoms with Crippen molar-refractivity contribution in [2.75, 3.05) is 6.61 Å². The lowest BCUT2D eigenvalue weighted by Crippen LogP contribution is -2.04. The molecular formula is C17H12ClN3O2. The number of carbonyl (C=O) groups excluding carboxylic acids is 1. The Bertz CT molecular complexity index is 923. The van der Waals surface area contributed by atoms with Gasteiger partial charge in [-0.05, 0) is 37.3 Å². The number of benzene rings is 1. The van der Waals surface area contributed by atoms with E-state index in [1.54, 1.807) is 48.0 Å². The number of ether oxygens (including phenoxy) is 1. The van der Waals surface area contributed by atoms with Crippen LogP contribution in [-0.2, 0) is 4.74 Å². The topological polar surface area (TPSA) is 67.9 Å². The first kappa shape index (κ1) is 15.1. The summed E-state index contributed by atoms with van der Waals surface area (Å²) in [6.45, 7) is 2.09. The second kappa shape index (κ2) is 6.11. The zero-order valence-electron chi connectivity index (χ0n) is 12.3. The molecule has 1 aromatic carbocycles. The van der Waals surface area contributed by atoms with Crippen LogP contribution >= 0.6 is 11.6 Å². The van der Waals surface area contributed by atoms with Crippen molar-refractivity contribution in [2.24, 2.45) is 0 Å². The van der Waals surface area contributed by atoms with Gasteiger partial charge in [0.2, 0.25) is 0 Å². The summed E-state index contributed by atoms with van der Waals surface area (Å²) in [5.74, 6) is -0.362. The molecule has 2 heterocycles. The smallest absolute Gasteiger partial charge is 0.338 e. The van der Waals surface area contributed by atoms with Crippen molar-refractivity contribution in [1.29, 1.82) is 5.26 Å². The van der Waals surface area contributed by atoms with Crippen molar-refractivity contribution < 1.29 is 9.53 Å². The van der Waals surface area contributed by atoms with E-state index in [1.165, 1.54) is 6.20 Å². The maximum Gasteiger partial charge on any atom is 0.338 e. The SMILES string of the molecule is CCOC(=O)c1ccc(-n2cc(C#N)c3cc(Cl)cnc32)cc1. The van der Waals surface area contributed by atoms with Crippen molar-refractivity contribution >= 4 is 28.6 Å². The van der Waals surface area contributed by atoms with E-state index in [4.69, 9.17) is 16.3 Å². The average molecular weight is 326 g/mol. The molecule has 2 aromatic heterocycles. The van der Waals surface area contributed by atoms with Gasteiger partial charge in [-0.25, -0.2) is 9.78 Å². The molecule has 0 saturated heterocycles. The molecule has 0 fully saturated rings. The standard InChI is InChI=1S/C17H12ClN3O2/c1-2-23-17(22)11-3-5-14(6-4-11)21-10-12(8-19)15-7-13(18)9-20-16(15)21/h3-7,9-10H,2H2,1H3.